The van der Waals surface area contributed by atoms with Gasteiger partial charge >= 0.3 is 0 Å². The maximum absolute atomic E-state index is 14.0. The molecule has 138 valence electrons. The van der Waals surface area contributed by atoms with E-state index in [1.165, 1.54) is 0 Å². The molecule has 0 heterocycles. The van der Waals surface area contributed by atoms with E-state index >= 15 is 0 Å². The Kier molecular flexibility index (Phi) is 3.09. The molecule has 1 aromatic carbocycles. The van der Waals surface area contributed by atoms with Crippen molar-refractivity contribution in [1.29, 1.82) is 0 Å². The van der Waals surface area contributed by atoms with Crippen LogP contribution >= 0.6 is 0 Å². The van der Waals surface area contributed by atoms with Crippen LogP contribution in [0.1, 0.15) is 18.4 Å². The molecule has 0 N–H and O–H groups in total. The topological polar surface area (TPSA) is 51.2 Å². The number of carbonyl (C=O) groups is 2. The Morgan fingerprint density at radius 1 is 0.889 bits per heavy atom. The average Bonchev–Trinajstić information content (AvgIpc) is 3.45. The number of carbonyl (C=O) groups excluding carboxylic acids is 2. The first-order valence-corrected chi connectivity index (χ1v) is 11.1. The molecule has 6 rings (SSSR count). The van der Waals surface area contributed by atoms with E-state index in [9.17, 15) is 13.8 Å². The normalized spacial score (nSPS) is 46.8. The highest BCUT2D eigenvalue weighted by molar-refractivity contribution is 7.87. The van der Waals surface area contributed by atoms with Crippen LogP contribution in [0.4, 0.5) is 0 Å². The minimum Gasteiger partial charge on any atom is -0.299 e. The minimum absolute atomic E-state index is 0.0739. The SMILES string of the molecule is Cc1ccc([S@](=O)[C@]23C(=O)[C@H]4[C@@H](C(=O)[C@H]2[C@H]2C=C[C@@H]3C2)[C@H]2C=C[C@@H]4C2)cc1. The van der Waals surface area contributed by atoms with E-state index in [1.54, 1.807) is 0 Å². The molecule has 0 amide bonds. The van der Waals surface area contributed by atoms with Crippen molar-refractivity contribution in [3.8, 4) is 0 Å². The summed E-state index contributed by atoms with van der Waals surface area (Å²) in [6, 6.07) is 7.63. The van der Waals surface area contributed by atoms with Gasteiger partial charge in [-0.25, -0.2) is 0 Å². The summed E-state index contributed by atoms with van der Waals surface area (Å²) in [5.74, 6) is -0.133. The lowest BCUT2D eigenvalue weighted by molar-refractivity contribution is -0.146. The van der Waals surface area contributed by atoms with Gasteiger partial charge in [-0.1, -0.05) is 42.0 Å². The van der Waals surface area contributed by atoms with Gasteiger partial charge in [0.2, 0.25) is 0 Å². The van der Waals surface area contributed by atoms with E-state index < -0.39 is 21.5 Å². The number of benzene rings is 1. The molecule has 5 aliphatic rings. The molecule has 0 radical (unpaired) electrons. The van der Waals surface area contributed by atoms with E-state index in [-0.39, 0.29) is 47.1 Å². The van der Waals surface area contributed by atoms with Crippen molar-refractivity contribution in [3.05, 3.63) is 54.1 Å². The Hall–Kier alpha value is -1.81. The lowest BCUT2D eigenvalue weighted by atomic mass is 9.60. The van der Waals surface area contributed by atoms with Gasteiger partial charge in [0, 0.05) is 28.6 Å². The highest BCUT2D eigenvalue weighted by Gasteiger charge is 2.73. The number of allylic oxidation sites excluding steroid dienone is 4. The zero-order valence-corrected chi connectivity index (χ0v) is 16.0. The van der Waals surface area contributed by atoms with E-state index in [0.717, 1.165) is 18.4 Å². The van der Waals surface area contributed by atoms with Gasteiger partial charge in [0.15, 0.2) is 5.78 Å². The fraction of sp³-hybridized carbons (Fsp3) is 0.478. The standard InChI is InChI=1S/C23H22O3S/c1-12-2-8-17(9-3-12)27(26)23-16-7-6-15(11-16)20(23)21(24)18-13-4-5-14(10-13)19(18)22(23)25/h2-9,13-16,18-20H,10-11H2,1H3/t13-,14+,15-,16+,18-,19+,20+,23-,27-/m0/s1. The molecule has 0 aliphatic heterocycles. The second-order valence-electron chi connectivity index (χ2n) is 9.01. The summed E-state index contributed by atoms with van der Waals surface area (Å²) >= 11 is 0. The summed E-state index contributed by atoms with van der Waals surface area (Å²) < 4.78 is 12.9. The molecule has 9 atom stereocenters. The van der Waals surface area contributed by atoms with Crippen LogP contribution in [-0.2, 0) is 20.4 Å². The average molecular weight is 378 g/mol. The fourth-order valence-corrected chi connectivity index (χ4v) is 8.90. The largest absolute Gasteiger partial charge is 0.299 e. The summed E-state index contributed by atoms with van der Waals surface area (Å²) in [4.78, 5) is 28.3. The first-order valence-electron chi connectivity index (χ1n) is 9.96. The van der Waals surface area contributed by atoms with Crippen molar-refractivity contribution in [3.63, 3.8) is 0 Å². The number of fused-ring (bicyclic) bond motifs is 10. The summed E-state index contributed by atoms with van der Waals surface area (Å²) in [5, 5.41) is 0. The molecule has 27 heavy (non-hydrogen) atoms. The van der Waals surface area contributed by atoms with Crippen LogP contribution in [-0.4, -0.2) is 20.5 Å². The first kappa shape index (κ1) is 16.2. The molecule has 3 fully saturated rings. The van der Waals surface area contributed by atoms with Gasteiger partial charge in [-0.3, -0.25) is 13.8 Å². The van der Waals surface area contributed by atoms with Crippen LogP contribution < -0.4 is 0 Å². The van der Waals surface area contributed by atoms with Crippen molar-refractivity contribution in [2.75, 3.05) is 0 Å². The van der Waals surface area contributed by atoms with Crippen LogP contribution in [0.15, 0.2) is 53.5 Å². The van der Waals surface area contributed by atoms with Gasteiger partial charge in [-0.2, -0.15) is 0 Å². The van der Waals surface area contributed by atoms with Crippen molar-refractivity contribution in [2.45, 2.75) is 29.4 Å². The molecule has 3 nitrogen and oxygen atoms in total. The number of hydrogen-bond acceptors (Lipinski definition) is 3. The van der Waals surface area contributed by atoms with E-state index in [1.807, 2.05) is 31.2 Å². The molecular formula is C23H22O3S. The Bertz CT molecular complexity index is 958. The highest BCUT2D eigenvalue weighted by atomic mass is 32.2. The zero-order valence-electron chi connectivity index (χ0n) is 15.2. The predicted molar refractivity (Wildman–Crippen MR) is 102 cm³/mol. The van der Waals surface area contributed by atoms with Gasteiger partial charge in [-0.05, 0) is 49.7 Å². The summed E-state index contributed by atoms with van der Waals surface area (Å²) in [7, 11) is -1.51. The van der Waals surface area contributed by atoms with Crippen molar-refractivity contribution in [2.24, 2.45) is 41.4 Å². The quantitative estimate of drug-likeness (QED) is 0.743. The van der Waals surface area contributed by atoms with Crippen molar-refractivity contribution >= 4 is 22.4 Å². The molecule has 0 saturated heterocycles. The molecule has 0 spiro atoms. The number of aryl methyl sites for hydroxylation is 1. The van der Waals surface area contributed by atoms with Gasteiger partial charge in [0.05, 0.1) is 10.8 Å². The van der Waals surface area contributed by atoms with Crippen LogP contribution in [0.2, 0.25) is 0 Å². The minimum atomic E-state index is -1.51. The van der Waals surface area contributed by atoms with Gasteiger partial charge < -0.3 is 0 Å². The molecule has 1 aromatic rings. The Morgan fingerprint density at radius 2 is 1.56 bits per heavy atom. The predicted octanol–water partition coefficient (Wildman–Crippen LogP) is 3.25. The van der Waals surface area contributed by atoms with Gasteiger partial charge in [0.1, 0.15) is 10.5 Å². The fourth-order valence-electron chi connectivity index (χ4n) is 6.84. The van der Waals surface area contributed by atoms with E-state index in [4.69, 9.17) is 0 Å². The Morgan fingerprint density at radius 3 is 2.30 bits per heavy atom. The molecule has 3 saturated carbocycles. The van der Waals surface area contributed by atoms with Crippen LogP contribution in [0.3, 0.4) is 0 Å². The second kappa shape index (κ2) is 5.16. The van der Waals surface area contributed by atoms with Crippen molar-refractivity contribution in [1.82, 2.24) is 0 Å². The number of rotatable bonds is 2. The van der Waals surface area contributed by atoms with E-state index in [2.05, 4.69) is 24.3 Å². The highest BCUT2D eigenvalue weighted by Crippen LogP contribution is 2.64. The monoisotopic (exact) mass is 378 g/mol. The zero-order chi connectivity index (χ0) is 18.5. The van der Waals surface area contributed by atoms with Crippen molar-refractivity contribution < 1.29 is 13.8 Å². The molecule has 5 aliphatic carbocycles. The van der Waals surface area contributed by atoms with Crippen LogP contribution in [0.25, 0.3) is 0 Å². The smallest absolute Gasteiger partial charge is 0.157 e. The van der Waals surface area contributed by atoms with Gasteiger partial charge in [0.25, 0.3) is 0 Å². The summed E-state index contributed by atoms with van der Waals surface area (Å²) in [5.41, 5.74) is 1.10. The number of ketones is 2. The first-order chi connectivity index (χ1) is 13.0. The third kappa shape index (κ3) is 1.76. The third-order valence-electron chi connectivity index (χ3n) is 7.88. The van der Waals surface area contributed by atoms with Crippen LogP contribution in [0.5, 0.6) is 0 Å². The van der Waals surface area contributed by atoms with E-state index in [0.29, 0.717) is 4.90 Å². The molecule has 4 bridgehead atoms. The third-order valence-corrected chi connectivity index (χ3v) is 9.95. The van der Waals surface area contributed by atoms with Crippen LogP contribution in [0, 0.1) is 48.3 Å². The Labute approximate surface area is 161 Å². The lowest BCUT2D eigenvalue weighted by Gasteiger charge is -2.48. The maximum Gasteiger partial charge on any atom is 0.157 e. The summed E-state index contributed by atoms with van der Waals surface area (Å²) in [6.45, 7) is 2.00. The Balaban J connectivity index is 1.54. The molecule has 0 unspecified atom stereocenters. The van der Waals surface area contributed by atoms with Gasteiger partial charge in [-0.15, -0.1) is 0 Å². The summed E-state index contributed by atoms with van der Waals surface area (Å²) in [6.07, 6.45) is 10.2. The second-order valence-corrected chi connectivity index (χ2v) is 10.7. The molecular weight excluding hydrogens is 356 g/mol. The lowest BCUT2D eigenvalue weighted by Crippen LogP contribution is -2.64. The number of Topliss-reactive ketones (excluding diaryl/α,β-unsaturated/α-hetero) is 2. The molecule has 4 heteroatoms. The number of hydrogen-bond donors (Lipinski definition) is 0. The molecule has 0 aromatic heterocycles. The maximum atomic E-state index is 14.0.